The predicted molar refractivity (Wildman–Crippen MR) is 45.5 cm³/mol. The van der Waals surface area contributed by atoms with Crippen molar-refractivity contribution in [2.45, 2.75) is 25.4 Å². The van der Waals surface area contributed by atoms with Crippen LogP contribution in [-0.2, 0) is 0 Å². The summed E-state index contributed by atoms with van der Waals surface area (Å²) in [5, 5.41) is 0. The number of rotatable bonds is 2. The summed E-state index contributed by atoms with van der Waals surface area (Å²) in [4.78, 5) is 0. The van der Waals surface area contributed by atoms with Gasteiger partial charge in [-0.3, -0.25) is 0 Å². The predicted octanol–water partition coefficient (Wildman–Crippen LogP) is 3.74. The van der Waals surface area contributed by atoms with E-state index in [9.17, 15) is 13.2 Å². The second-order valence-corrected chi connectivity index (χ2v) is 3.13. The Morgan fingerprint density at radius 3 is 2.15 bits per heavy atom. The van der Waals surface area contributed by atoms with Gasteiger partial charge in [-0.1, -0.05) is 37.3 Å². The van der Waals surface area contributed by atoms with E-state index in [1.807, 2.05) is 0 Å². The molecule has 0 heterocycles. The fourth-order valence-corrected chi connectivity index (χ4v) is 1.25. The van der Waals surface area contributed by atoms with Crippen LogP contribution in [0.15, 0.2) is 30.3 Å². The highest BCUT2D eigenvalue weighted by molar-refractivity contribution is 5.18. The summed E-state index contributed by atoms with van der Waals surface area (Å²) in [5.74, 6) is -0.457. The van der Waals surface area contributed by atoms with Crippen molar-refractivity contribution in [3.8, 4) is 0 Å². The molecule has 0 radical (unpaired) electrons. The number of benzene rings is 1. The van der Waals surface area contributed by atoms with Crippen LogP contribution in [0.2, 0.25) is 0 Å². The van der Waals surface area contributed by atoms with E-state index in [0.717, 1.165) is 5.56 Å². The molecule has 1 atom stereocenters. The van der Waals surface area contributed by atoms with Crippen molar-refractivity contribution in [2.75, 3.05) is 0 Å². The van der Waals surface area contributed by atoms with Gasteiger partial charge in [0, 0.05) is 0 Å². The number of alkyl halides is 3. The average Bonchev–Trinajstić information content (AvgIpc) is 2.03. The molecule has 0 nitrogen and oxygen atoms in total. The molecule has 0 N–H and O–H groups in total. The van der Waals surface area contributed by atoms with E-state index in [1.54, 1.807) is 37.3 Å². The molecule has 13 heavy (non-hydrogen) atoms. The second kappa shape index (κ2) is 3.81. The van der Waals surface area contributed by atoms with Crippen molar-refractivity contribution in [1.82, 2.24) is 0 Å². The molecule has 1 aromatic carbocycles. The van der Waals surface area contributed by atoms with Crippen LogP contribution in [0, 0.1) is 0 Å². The summed E-state index contributed by atoms with van der Waals surface area (Å²) in [7, 11) is 0. The quantitative estimate of drug-likeness (QED) is 0.663. The molecule has 3 heteroatoms. The lowest BCUT2D eigenvalue weighted by atomic mass is 9.98. The third-order valence-corrected chi connectivity index (χ3v) is 1.91. The maximum absolute atomic E-state index is 12.0. The van der Waals surface area contributed by atoms with Gasteiger partial charge in [0.25, 0.3) is 0 Å². The van der Waals surface area contributed by atoms with Crippen LogP contribution < -0.4 is 0 Å². The van der Waals surface area contributed by atoms with Gasteiger partial charge in [-0.25, -0.2) is 0 Å². The minimum absolute atomic E-state index is 0.457. The highest BCUT2D eigenvalue weighted by Crippen LogP contribution is 2.30. The summed E-state index contributed by atoms with van der Waals surface area (Å²) in [6.45, 7) is 1.59. The van der Waals surface area contributed by atoms with Crippen LogP contribution in [-0.4, -0.2) is 6.18 Å². The molecule has 0 aromatic heterocycles. The van der Waals surface area contributed by atoms with Crippen LogP contribution in [0.3, 0.4) is 0 Å². The van der Waals surface area contributed by atoms with Crippen molar-refractivity contribution in [3.63, 3.8) is 0 Å². The lowest BCUT2D eigenvalue weighted by Gasteiger charge is -2.13. The van der Waals surface area contributed by atoms with Crippen molar-refractivity contribution in [1.29, 1.82) is 0 Å². The Labute approximate surface area is 75.4 Å². The van der Waals surface area contributed by atoms with E-state index in [0.29, 0.717) is 0 Å². The highest BCUT2D eigenvalue weighted by atomic mass is 19.4. The van der Waals surface area contributed by atoms with E-state index >= 15 is 0 Å². The molecule has 0 saturated heterocycles. The molecule has 0 aliphatic rings. The van der Waals surface area contributed by atoms with Crippen LogP contribution in [0.5, 0.6) is 0 Å². The molecule has 72 valence electrons. The molecular formula is C10H11F3. The zero-order valence-corrected chi connectivity index (χ0v) is 7.31. The molecule has 0 fully saturated rings. The summed E-state index contributed by atoms with van der Waals surface area (Å²) in [5.41, 5.74) is 0.736. The first-order valence-electron chi connectivity index (χ1n) is 4.11. The molecule has 1 rings (SSSR count). The fraction of sp³-hybridized carbons (Fsp3) is 0.400. The molecule has 0 amide bonds. The van der Waals surface area contributed by atoms with Gasteiger partial charge in [0.1, 0.15) is 0 Å². The lowest BCUT2D eigenvalue weighted by Crippen LogP contribution is -2.11. The van der Waals surface area contributed by atoms with Gasteiger partial charge in [0.15, 0.2) is 0 Å². The second-order valence-electron chi connectivity index (χ2n) is 3.13. The molecule has 0 unspecified atom stereocenters. The first kappa shape index (κ1) is 10.1. The third kappa shape index (κ3) is 3.49. The van der Waals surface area contributed by atoms with E-state index in [1.165, 1.54) is 0 Å². The van der Waals surface area contributed by atoms with Crippen LogP contribution in [0.4, 0.5) is 13.2 Å². The van der Waals surface area contributed by atoms with E-state index < -0.39 is 18.5 Å². The Balaban J connectivity index is 2.64. The zero-order valence-electron chi connectivity index (χ0n) is 7.31. The van der Waals surface area contributed by atoms with E-state index in [2.05, 4.69) is 0 Å². The van der Waals surface area contributed by atoms with Gasteiger partial charge in [-0.05, 0) is 11.5 Å². The minimum Gasteiger partial charge on any atom is -0.171 e. The highest BCUT2D eigenvalue weighted by Gasteiger charge is 2.30. The SMILES string of the molecule is C[C@@H](CC(F)(F)F)c1ccccc1. The normalized spacial score (nSPS) is 14.2. The number of halogens is 3. The van der Waals surface area contributed by atoms with Gasteiger partial charge in [-0.15, -0.1) is 0 Å². The smallest absolute Gasteiger partial charge is 0.171 e. The summed E-state index contributed by atoms with van der Waals surface area (Å²) >= 11 is 0. The van der Waals surface area contributed by atoms with Crippen molar-refractivity contribution < 1.29 is 13.2 Å². The third-order valence-electron chi connectivity index (χ3n) is 1.91. The summed E-state index contributed by atoms with van der Waals surface area (Å²) in [6, 6.07) is 8.74. The van der Waals surface area contributed by atoms with Crippen LogP contribution in [0.1, 0.15) is 24.8 Å². The van der Waals surface area contributed by atoms with Crippen LogP contribution >= 0.6 is 0 Å². The van der Waals surface area contributed by atoms with Gasteiger partial charge in [0.05, 0.1) is 6.42 Å². The minimum atomic E-state index is -4.07. The standard InChI is InChI=1S/C10H11F3/c1-8(7-10(11,12)13)9-5-3-2-4-6-9/h2-6,8H,7H2,1H3/t8-/m0/s1. The first-order valence-corrected chi connectivity index (χ1v) is 4.11. The molecule has 0 aliphatic carbocycles. The van der Waals surface area contributed by atoms with Crippen LogP contribution in [0.25, 0.3) is 0 Å². The average molecular weight is 188 g/mol. The van der Waals surface area contributed by atoms with Crippen molar-refractivity contribution in [3.05, 3.63) is 35.9 Å². The molecule has 0 aliphatic heterocycles. The fourth-order valence-electron chi connectivity index (χ4n) is 1.25. The Morgan fingerprint density at radius 2 is 1.69 bits per heavy atom. The zero-order chi connectivity index (χ0) is 9.90. The van der Waals surface area contributed by atoms with Crippen molar-refractivity contribution >= 4 is 0 Å². The van der Waals surface area contributed by atoms with E-state index in [-0.39, 0.29) is 0 Å². The maximum atomic E-state index is 12.0. The Hall–Kier alpha value is -0.990. The van der Waals surface area contributed by atoms with Gasteiger partial charge < -0.3 is 0 Å². The lowest BCUT2D eigenvalue weighted by molar-refractivity contribution is -0.137. The number of hydrogen-bond acceptors (Lipinski definition) is 0. The summed E-state index contributed by atoms with van der Waals surface area (Å²) in [6.07, 6.45) is -4.83. The topological polar surface area (TPSA) is 0 Å². The Morgan fingerprint density at radius 1 is 1.15 bits per heavy atom. The molecule has 1 aromatic rings. The molecule has 0 spiro atoms. The Bertz CT molecular complexity index is 251. The number of hydrogen-bond donors (Lipinski definition) is 0. The van der Waals surface area contributed by atoms with Crippen molar-refractivity contribution in [2.24, 2.45) is 0 Å². The van der Waals surface area contributed by atoms with Gasteiger partial charge in [-0.2, -0.15) is 13.2 Å². The molecule has 0 saturated carbocycles. The first-order chi connectivity index (χ1) is 5.99. The Kier molecular flexibility index (Phi) is 2.96. The maximum Gasteiger partial charge on any atom is 0.389 e. The largest absolute Gasteiger partial charge is 0.389 e. The molecular weight excluding hydrogens is 177 g/mol. The molecule has 0 bridgehead atoms. The van der Waals surface area contributed by atoms with Gasteiger partial charge >= 0.3 is 6.18 Å². The van der Waals surface area contributed by atoms with Gasteiger partial charge in [0.2, 0.25) is 0 Å². The summed E-state index contributed by atoms with van der Waals surface area (Å²) < 4.78 is 36.0. The monoisotopic (exact) mass is 188 g/mol. The van der Waals surface area contributed by atoms with E-state index in [4.69, 9.17) is 0 Å².